The highest BCUT2D eigenvalue weighted by Gasteiger charge is 2.30. The zero-order chi connectivity index (χ0) is 75.5. The minimum Gasteiger partial charge on any atom is -0.462 e. The van der Waals surface area contributed by atoms with Crippen LogP contribution in [0.1, 0.15) is 452 Å². The van der Waals surface area contributed by atoms with Gasteiger partial charge in [-0.15, -0.1) is 0 Å². The van der Waals surface area contributed by atoms with Crippen molar-refractivity contribution < 1.29 is 80.2 Å². The van der Waals surface area contributed by atoms with Crippen LogP contribution in [0.2, 0.25) is 0 Å². The lowest BCUT2D eigenvalue weighted by Gasteiger charge is -2.21. The topological polar surface area (TPSA) is 237 Å². The number of phosphoric ester groups is 2. The van der Waals surface area contributed by atoms with E-state index in [-0.39, 0.29) is 25.7 Å². The molecule has 5 atom stereocenters. The smallest absolute Gasteiger partial charge is 0.462 e. The summed E-state index contributed by atoms with van der Waals surface area (Å²) in [5, 5.41) is 10.7. The zero-order valence-corrected chi connectivity index (χ0v) is 69.3. The van der Waals surface area contributed by atoms with Crippen LogP contribution in [0.5, 0.6) is 0 Å². The van der Waals surface area contributed by atoms with Crippen molar-refractivity contribution in [2.45, 2.75) is 470 Å². The molecule has 0 bridgehead atoms. The fourth-order valence-electron chi connectivity index (χ4n) is 13.1. The maximum Gasteiger partial charge on any atom is 0.472 e. The number of rotatable bonds is 84. The molecule has 103 heavy (non-hydrogen) atoms. The Bertz CT molecular complexity index is 1960. The van der Waals surface area contributed by atoms with Gasteiger partial charge in [-0.2, -0.15) is 0 Å². The average molecular weight is 1510 g/mol. The van der Waals surface area contributed by atoms with Crippen LogP contribution in [0.4, 0.5) is 0 Å². The zero-order valence-electron chi connectivity index (χ0n) is 67.5. The number of aliphatic hydroxyl groups excluding tert-OH is 1. The van der Waals surface area contributed by atoms with Crippen molar-refractivity contribution in [3.63, 3.8) is 0 Å². The Labute approximate surface area is 632 Å². The average Bonchev–Trinajstić information content (AvgIpc) is 0.953. The van der Waals surface area contributed by atoms with Crippen LogP contribution in [-0.2, 0) is 65.4 Å². The predicted molar refractivity (Wildman–Crippen MR) is 423 cm³/mol. The van der Waals surface area contributed by atoms with Gasteiger partial charge in [0, 0.05) is 25.7 Å². The quantitative estimate of drug-likeness (QED) is 0.0222. The minimum absolute atomic E-state index is 0.109. The highest BCUT2D eigenvalue weighted by atomic mass is 31.2. The van der Waals surface area contributed by atoms with E-state index < -0.39 is 97.5 Å². The SMILES string of the molecule is CCCCCCCCCCCCCCCCCCCCCC(=O)O[C@H](COC(=O)CCCCCCCCCCCCCCCCCC(C)C)COP(=O)(O)OC[C@@H](O)COP(=O)(O)OC[C@@H](COC(=O)CCCCCCCCCCCC)OC(=O)CCCCCCCCCCCCCCCCCC. The Balaban J connectivity index is 5.23. The highest BCUT2D eigenvalue weighted by molar-refractivity contribution is 7.47. The monoisotopic (exact) mass is 1510 g/mol. The number of hydrogen-bond donors (Lipinski definition) is 3. The molecule has 0 saturated carbocycles. The Kier molecular flexibility index (Phi) is 75.4. The van der Waals surface area contributed by atoms with E-state index in [0.717, 1.165) is 95.8 Å². The molecule has 0 aromatic rings. The highest BCUT2D eigenvalue weighted by Crippen LogP contribution is 2.45. The van der Waals surface area contributed by atoms with Gasteiger partial charge in [-0.1, -0.05) is 401 Å². The molecular formula is C84H164O17P2. The van der Waals surface area contributed by atoms with Gasteiger partial charge in [-0.3, -0.25) is 37.3 Å². The lowest BCUT2D eigenvalue weighted by Crippen LogP contribution is -2.30. The van der Waals surface area contributed by atoms with Crippen molar-refractivity contribution >= 4 is 39.5 Å². The van der Waals surface area contributed by atoms with E-state index in [2.05, 4.69) is 34.6 Å². The molecule has 0 amide bonds. The van der Waals surface area contributed by atoms with Crippen molar-refractivity contribution in [1.82, 2.24) is 0 Å². The summed E-state index contributed by atoms with van der Waals surface area (Å²) < 4.78 is 68.8. The summed E-state index contributed by atoms with van der Waals surface area (Å²) >= 11 is 0. The minimum atomic E-state index is -4.96. The Hall–Kier alpha value is -1.94. The third-order valence-electron chi connectivity index (χ3n) is 19.8. The second-order valence-corrected chi connectivity index (χ2v) is 33.6. The van der Waals surface area contributed by atoms with Gasteiger partial charge in [0.25, 0.3) is 0 Å². The number of unbranched alkanes of at least 4 members (excludes halogenated alkanes) is 56. The third kappa shape index (κ3) is 78.0. The molecule has 0 aromatic heterocycles. The van der Waals surface area contributed by atoms with Gasteiger partial charge < -0.3 is 33.8 Å². The molecule has 19 heteroatoms. The number of phosphoric acid groups is 2. The first-order valence-electron chi connectivity index (χ1n) is 43.6. The van der Waals surface area contributed by atoms with E-state index >= 15 is 0 Å². The molecule has 0 aromatic carbocycles. The standard InChI is InChI=1S/C84H164O17P2/c1-6-9-12-15-18-21-24-26-28-30-31-32-36-41-45-50-55-60-65-70-84(89)101-80(74-95-82(87)68-63-58-53-48-43-39-37-33-34-38-42-46-51-56-61-66-77(4)5)76-99-103(92,93)97-72-78(85)71-96-102(90,91)98-75-79(73-94-81(86)67-62-57-52-47-23-20-17-14-11-8-3)100-83(88)69-64-59-54-49-44-40-35-29-27-25-22-19-16-13-10-7-2/h77-80,85H,6-76H2,1-5H3,(H,90,91)(H,92,93)/t78-,79+,80+/m0/s1. The van der Waals surface area contributed by atoms with Crippen molar-refractivity contribution in [3.8, 4) is 0 Å². The van der Waals surface area contributed by atoms with Crippen molar-refractivity contribution in [2.24, 2.45) is 5.92 Å². The molecule has 0 rings (SSSR count). The molecule has 0 heterocycles. The number of carbonyl (C=O) groups excluding carboxylic acids is 4. The first-order chi connectivity index (χ1) is 50.0. The lowest BCUT2D eigenvalue weighted by molar-refractivity contribution is -0.161. The Morgan fingerprint density at radius 1 is 0.262 bits per heavy atom. The van der Waals surface area contributed by atoms with E-state index in [0.29, 0.717) is 25.7 Å². The molecule has 0 aliphatic rings. The summed E-state index contributed by atoms with van der Waals surface area (Å²) in [7, 11) is -9.92. The van der Waals surface area contributed by atoms with E-state index in [1.165, 1.54) is 276 Å². The van der Waals surface area contributed by atoms with Gasteiger partial charge in [-0.05, 0) is 31.6 Å². The first-order valence-corrected chi connectivity index (χ1v) is 46.6. The van der Waals surface area contributed by atoms with Crippen molar-refractivity contribution in [3.05, 3.63) is 0 Å². The molecule has 0 aliphatic carbocycles. The van der Waals surface area contributed by atoms with Gasteiger partial charge in [-0.25, -0.2) is 9.13 Å². The maximum absolute atomic E-state index is 13.1. The largest absolute Gasteiger partial charge is 0.472 e. The van der Waals surface area contributed by atoms with Crippen LogP contribution in [0.3, 0.4) is 0 Å². The van der Waals surface area contributed by atoms with Gasteiger partial charge >= 0.3 is 39.5 Å². The molecule has 0 aliphatic heterocycles. The predicted octanol–water partition coefficient (Wildman–Crippen LogP) is 25.6. The van der Waals surface area contributed by atoms with Gasteiger partial charge in [0.05, 0.1) is 26.4 Å². The Morgan fingerprint density at radius 3 is 0.660 bits per heavy atom. The summed E-state index contributed by atoms with van der Waals surface area (Å²) in [4.78, 5) is 73.1. The summed E-state index contributed by atoms with van der Waals surface area (Å²) in [6.07, 6.45) is 69.3. The fourth-order valence-corrected chi connectivity index (χ4v) is 14.7. The molecule has 17 nitrogen and oxygen atoms in total. The Morgan fingerprint density at radius 2 is 0.447 bits per heavy atom. The summed E-state index contributed by atoms with van der Waals surface area (Å²) in [6, 6.07) is 0. The normalized spacial score (nSPS) is 13.8. The van der Waals surface area contributed by atoms with Gasteiger partial charge in [0.1, 0.15) is 19.3 Å². The van der Waals surface area contributed by atoms with Crippen LogP contribution in [0, 0.1) is 5.92 Å². The second kappa shape index (κ2) is 76.8. The fraction of sp³-hybridized carbons (Fsp3) is 0.952. The van der Waals surface area contributed by atoms with Crippen LogP contribution in [0.25, 0.3) is 0 Å². The summed E-state index contributed by atoms with van der Waals surface area (Å²) in [5.74, 6) is -1.29. The molecule has 0 saturated heterocycles. The van der Waals surface area contributed by atoms with Crippen LogP contribution in [0.15, 0.2) is 0 Å². The molecule has 0 fully saturated rings. The number of aliphatic hydroxyl groups is 1. The first kappa shape index (κ1) is 101. The van der Waals surface area contributed by atoms with E-state index in [4.69, 9.17) is 37.0 Å². The van der Waals surface area contributed by atoms with E-state index in [1.54, 1.807) is 0 Å². The summed E-state index contributed by atoms with van der Waals surface area (Å²) in [6.45, 7) is 7.38. The number of hydrogen-bond acceptors (Lipinski definition) is 15. The van der Waals surface area contributed by atoms with Gasteiger partial charge in [0.15, 0.2) is 12.2 Å². The number of esters is 4. The third-order valence-corrected chi connectivity index (χ3v) is 21.7. The summed E-state index contributed by atoms with van der Waals surface area (Å²) in [5.41, 5.74) is 0. The lowest BCUT2D eigenvalue weighted by atomic mass is 10.0. The second-order valence-electron chi connectivity index (χ2n) is 30.7. The van der Waals surface area contributed by atoms with Crippen LogP contribution in [-0.4, -0.2) is 96.7 Å². The molecule has 0 radical (unpaired) electrons. The van der Waals surface area contributed by atoms with Gasteiger partial charge in [0.2, 0.25) is 0 Å². The number of carbonyl (C=O) groups is 4. The van der Waals surface area contributed by atoms with E-state index in [9.17, 15) is 43.2 Å². The van der Waals surface area contributed by atoms with Crippen molar-refractivity contribution in [1.29, 1.82) is 0 Å². The molecular weight excluding hydrogens is 1340 g/mol. The number of ether oxygens (including phenoxy) is 4. The van der Waals surface area contributed by atoms with Crippen LogP contribution >= 0.6 is 15.6 Å². The van der Waals surface area contributed by atoms with Crippen molar-refractivity contribution in [2.75, 3.05) is 39.6 Å². The van der Waals surface area contributed by atoms with E-state index in [1.807, 2.05) is 0 Å². The maximum atomic E-state index is 13.1. The molecule has 2 unspecified atom stereocenters. The molecule has 612 valence electrons. The van der Waals surface area contributed by atoms with Crippen LogP contribution < -0.4 is 0 Å². The molecule has 0 spiro atoms. The molecule has 3 N–H and O–H groups in total.